The summed E-state index contributed by atoms with van der Waals surface area (Å²) in [4.78, 5) is 0. The van der Waals surface area contributed by atoms with E-state index in [1.165, 1.54) is 0 Å². The lowest BCUT2D eigenvalue weighted by atomic mass is 9.97. The average Bonchev–Trinajstić information content (AvgIpc) is 2.42. The molecule has 20 heavy (non-hydrogen) atoms. The smallest absolute Gasteiger partial charge is 0.130 e. The average molecular weight is 338 g/mol. The molecule has 2 N–H and O–H groups in total. The molecule has 0 aliphatic rings. The minimum atomic E-state index is -0.405. The van der Waals surface area contributed by atoms with Crippen LogP contribution in [0.25, 0.3) is 0 Å². The second-order valence-electron chi connectivity index (χ2n) is 4.74. The number of ether oxygens (including phenoxy) is 1. The Kier molecular flexibility index (Phi) is 4.78. The number of benzene rings is 2. The van der Waals surface area contributed by atoms with Gasteiger partial charge in [0.1, 0.15) is 11.6 Å². The molecule has 4 heteroatoms. The zero-order chi connectivity index (χ0) is 14.7. The van der Waals surface area contributed by atoms with Crippen molar-refractivity contribution < 1.29 is 9.13 Å². The number of methoxy groups -OCH3 is 1. The molecule has 0 saturated carbocycles. The number of rotatable bonds is 4. The molecule has 2 aromatic carbocycles. The Morgan fingerprint density at radius 2 is 2.05 bits per heavy atom. The van der Waals surface area contributed by atoms with Crippen LogP contribution in [0.2, 0.25) is 0 Å². The summed E-state index contributed by atoms with van der Waals surface area (Å²) >= 11 is 3.43. The second-order valence-corrected chi connectivity index (χ2v) is 5.66. The highest BCUT2D eigenvalue weighted by atomic mass is 79.9. The third kappa shape index (κ3) is 3.19. The zero-order valence-electron chi connectivity index (χ0n) is 11.5. The van der Waals surface area contributed by atoms with Crippen LogP contribution in [0.1, 0.15) is 22.7 Å². The topological polar surface area (TPSA) is 35.2 Å². The molecular weight excluding hydrogens is 321 g/mol. The van der Waals surface area contributed by atoms with Gasteiger partial charge in [0, 0.05) is 16.1 Å². The Morgan fingerprint density at radius 3 is 2.75 bits per heavy atom. The molecule has 0 saturated heterocycles. The van der Waals surface area contributed by atoms with Crippen molar-refractivity contribution in [3.63, 3.8) is 0 Å². The normalized spacial score (nSPS) is 12.2. The van der Waals surface area contributed by atoms with Crippen LogP contribution in [0.4, 0.5) is 4.39 Å². The molecule has 2 nitrogen and oxygen atoms in total. The Balaban J connectivity index is 2.30. The van der Waals surface area contributed by atoms with Gasteiger partial charge in [0.15, 0.2) is 0 Å². The molecule has 0 amide bonds. The molecule has 0 aliphatic heterocycles. The van der Waals surface area contributed by atoms with Crippen LogP contribution in [0.15, 0.2) is 40.9 Å². The molecule has 0 spiro atoms. The first kappa shape index (κ1) is 15.0. The van der Waals surface area contributed by atoms with Gasteiger partial charge in [-0.25, -0.2) is 4.39 Å². The van der Waals surface area contributed by atoms with E-state index >= 15 is 0 Å². The van der Waals surface area contributed by atoms with Crippen LogP contribution in [0, 0.1) is 12.7 Å². The highest BCUT2D eigenvalue weighted by molar-refractivity contribution is 9.10. The third-order valence-corrected chi connectivity index (χ3v) is 3.80. The van der Waals surface area contributed by atoms with Crippen LogP contribution in [0.5, 0.6) is 5.75 Å². The van der Waals surface area contributed by atoms with Gasteiger partial charge in [0.05, 0.1) is 7.11 Å². The van der Waals surface area contributed by atoms with Crippen molar-refractivity contribution in [3.05, 3.63) is 63.4 Å². The fourth-order valence-corrected chi connectivity index (χ4v) is 2.62. The Labute approximate surface area is 126 Å². The summed E-state index contributed by atoms with van der Waals surface area (Å²) in [5.41, 5.74) is 8.26. The molecule has 0 aromatic heterocycles. The summed E-state index contributed by atoms with van der Waals surface area (Å²) in [5.74, 6) is 0.533. The number of hydrogen-bond acceptors (Lipinski definition) is 2. The van der Waals surface area contributed by atoms with Gasteiger partial charge in [-0.05, 0) is 42.7 Å². The number of halogens is 2. The summed E-state index contributed by atoms with van der Waals surface area (Å²) < 4.78 is 20.4. The molecule has 1 atom stereocenters. The maximum absolute atomic E-state index is 14.1. The summed E-state index contributed by atoms with van der Waals surface area (Å²) in [6, 6.07) is 10.6. The molecule has 2 aromatic rings. The van der Waals surface area contributed by atoms with Crippen LogP contribution in [0.3, 0.4) is 0 Å². The fraction of sp³-hybridized carbons (Fsp3) is 0.250. The van der Waals surface area contributed by atoms with E-state index in [0.29, 0.717) is 17.5 Å². The van der Waals surface area contributed by atoms with Gasteiger partial charge in [-0.1, -0.05) is 34.1 Å². The van der Waals surface area contributed by atoms with E-state index < -0.39 is 6.04 Å². The highest BCUT2D eigenvalue weighted by Gasteiger charge is 2.15. The van der Waals surface area contributed by atoms with Gasteiger partial charge in [-0.3, -0.25) is 0 Å². The van der Waals surface area contributed by atoms with Gasteiger partial charge < -0.3 is 10.5 Å². The largest absolute Gasteiger partial charge is 0.496 e. The molecule has 0 radical (unpaired) electrons. The van der Waals surface area contributed by atoms with E-state index in [-0.39, 0.29) is 5.82 Å². The van der Waals surface area contributed by atoms with Gasteiger partial charge in [0.25, 0.3) is 0 Å². The maximum atomic E-state index is 14.1. The Bertz CT molecular complexity index is 615. The van der Waals surface area contributed by atoms with Crippen molar-refractivity contribution in [2.45, 2.75) is 19.4 Å². The first-order valence-corrected chi connectivity index (χ1v) is 7.15. The minimum absolute atomic E-state index is 0.228. The van der Waals surface area contributed by atoms with E-state index in [1.54, 1.807) is 26.2 Å². The lowest BCUT2D eigenvalue weighted by Crippen LogP contribution is -2.16. The second kappa shape index (κ2) is 6.37. The van der Waals surface area contributed by atoms with Crippen LogP contribution < -0.4 is 10.5 Å². The van der Waals surface area contributed by atoms with Crippen LogP contribution in [-0.4, -0.2) is 7.11 Å². The zero-order valence-corrected chi connectivity index (χ0v) is 13.1. The fourth-order valence-electron chi connectivity index (χ4n) is 2.21. The molecule has 2 rings (SSSR count). The lowest BCUT2D eigenvalue weighted by molar-refractivity contribution is 0.407. The maximum Gasteiger partial charge on any atom is 0.130 e. The molecule has 0 aliphatic carbocycles. The summed E-state index contributed by atoms with van der Waals surface area (Å²) in [6.45, 7) is 1.74. The lowest BCUT2D eigenvalue weighted by Gasteiger charge is -2.16. The summed E-state index contributed by atoms with van der Waals surface area (Å²) in [7, 11) is 1.62. The Hall–Kier alpha value is -1.39. The highest BCUT2D eigenvalue weighted by Crippen LogP contribution is 2.28. The quantitative estimate of drug-likeness (QED) is 0.909. The van der Waals surface area contributed by atoms with Crippen LogP contribution >= 0.6 is 15.9 Å². The van der Waals surface area contributed by atoms with Crippen molar-refractivity contribution in [1.29, 1.82) is 0 Å². The van der Waals surface area contributed by atoms with E-state index in [0.717, 1.165) is 15.8 Å². The number of aryl methyl sites for hydroxylation is 1. The van der Waals surface area contributed by atoms with E-state index in [2.05, 4.69) is 15.9 Å². The number of hydrogen-bond donors (Lipinski definition) is 1. The Morgan fingerprint density at radius 1 is 1.30 bits per heavy atom. The monoisotopic (exact) mass is 337 g/mol. The first-order chi connectivity index (χ1) is 9.52. The molecule has 0 bridgehead atoms. The summed E-state index contributed by atoms with van der Waals surface area (Å²) in [5, 5.41) is 0. The molecule has 1 unspecified atom stereocenters. The van der Waals surface area contributed by atoms with Crippen molar-refractivity contribution in [3.8, 4) is 5.75 Å². The van der Waals surface area contributed by atoms with E-state index in [4.69, 9.17) is 10.5 Å². The van der Waals surface area contributed by atoms with Crippen molar-refractivity contribution in [2.24, 2.45) is 5.73 Å². The number of nitrogens with two attached hydrogens (primary N) is 1. The molecule has 0 heterocycles. The van der Waals surface area contributed by atoms with E-state index in [9.17, 15) is 4.39 Å². The molecule has 106 valence electrons. The van der Waals surface area contributed by atoms with E-state index in [1.807, 2.05) is 24.3 Å². The van der Waals surface area contributed by atoms with Crippen LogP contribution in [-0.2, 0) is 6.42 Å². The van der Waals surface area contributed by atoms with Gasteiger partial charge in [-0.2, -0.15) is 0 Å². The van der Waals surface area contributed by atoms with Gasteiger partial charge in [-0.15, -0.1) is 0 Å². The molecular formula is C16H17BrFNO. The van der Waals surface area contributed by atoms with Gasteiger partial charge in [0.2, 0.25) is 0 Å². The predicted molar refractivity (Wildman–Crippen MR) is 82.5 cm³/mol. The van der Waals surface area contributed by atoms with Crippen molar-refractivity contribution in [1.82, 2.24) is 0 Å². The first-order valence-electron chi connectivity index (χ1n) is 6.36. The summed E-state index contributed by atoms with van der Waals surface area (Å²) in [6.07, 6.45) is 0.517. The van der Waals surface area contributed by atoms with Crippen molar-refractivity contribution in [2.75, 3.05) is 7.11 Å². The molecule has 0 fully saturated rings. The standard InChI is InChI=1S/C16H17BrFNO/c1-10-4-3-5-13(16(10)18)14(19)9-11-8-12(17)6-7-15(11)20-2/h3-8,14H,9,19H2,1-2H3. The van der Waals surface area contributed by atoms with Gasteiger partial charge >= 0.3 is 0 Å². The minimum Gasteiger partial charge on any atom is -0.496 e. The predicted octanol–water partition coefficient (Wildman–Crippen LogP) is 4.15. The SMILES string of the molecule is COc1ccc(Br)cc1CC(N)c1cccc(C)c1F. The van der Waals surface area contributed by atoms with Crippen molar-refractivity contribution >= 4 is 15.9 Å². The third-order valence-electron chi connectivity index (χ3n) is 3.30.